The third kappa shape index (κ3) is 4.13. The Morgan fingerprint density at radius 3 is 1.52 bits per heavy atom. The molecule has 2 bridgehead atoms. The zero-order valence-corrected chi connectivity index (χ0v) is 29.6. The molecule has 9 heteroatoms. The summed E-state index contributed by atoms with van der Waals surface area (Å²) in [6, 6.07) is 16.1. The molecule has 5 atom stereocenters. The second-order valence-electron chi connectivity index (χ2n) is 15.7. The fourth-order valence-electron chi connectivity index (χ4n) is 10.1. The van der Waals surface area contributed by atoms with Gasteiger partial charge in [-0.15, -0.1) is 0 Å². The van der Waals surface area contributed by atoms with E-state index >= 15 is 13.2 Å². The highest BCUT2D eigenvalue weighted by Crippen LogP contribution is 2.63. The maximum absolute atomic E-state index is 15.2. The van der Waals surface area contributed by atoms with E-state index in [0.29, 0.717) is 17.5 Å². The summed E-state index contributed by atoms with van der Waals surface area (Å²) < 4.78 is 45.5. The normalized spacial score (nSPS) is 24.1. The molecule has 2 heterocycles. The number of hydrogen-bond donors (Lipinski definition) is 0. The van der Waals surface area contributed by atoms with Crippen molar-refractivity contribution in [1.29, 1.82) is 0 Å². The zero-order chi connectivity index (χ0) is 36.8. The maximum Gasteiger partial charge on any atom is 0.402 e. The van der Waals surface area contributed by atoms with Crippen LogP contribution in [0.2, 0.25) is 0 Å². The minimum Gasteiger partial charge on any atom is -0.277 e. The van der Waals surface area contributed by atoms with Crippen LogP contribution in [0.25, 0.3) is 0 Å². The van der Waals surface area contributed by atoms with E-state index in [4.69, 9.17) is 0 Å². The van der Waals surface area contributed by atoms with Gasteiger partial charge in [0.05, 0.1) is 27.9 Å². The molecule has 6 aliphatic rings. The number of benzene rings is 4. The molecule has 6 nitrogen and oxygen atoms in total. The van der Waals surface area contributed by atoms with Crippen LogP contribution in [0.1, 0.15) is 136 Å². The molecule has 0 aromatic heterocycles. The van der Waals surface area contributed by atoms with Gasteiger partial charge in [-0.05, 0) is 133 Å². The van der Waals surface area contributed by atoms with Crippen LogP contribution in [0.3, 0.4) is 0 Å². The highest BCUT2D eigenvalue weighted by atomic mass is 19.4. The Balaban J connectivity index is 1.13. The monoisotopic (exact) mass is 702 g/mol. The third-order valence-corrected chi connectivity index (χ3v) is 13.1. The number of fused-ring (bicyclic) bond motifs is 2. The summed E-state index contributed by atoms with van der Waals surface area (Å²) >= 11 is 0. The van der Waals surface area contributed by atoms with Gasteiger partial charge in [-0.25, -0.2) is 4.90 Å². The first-order valence-corrected chi connectivity index (χ1v) is 18.0. The van der Waals surface area contributed by atoms with Gasteiger partial charge >= 0.3 is 6.18 Å². The molecule has 4 aromatic rings. The Labute approximate surface area is 299 Å². The number of alkyl halides is 3. The molecule has 264 valence electrons. The van der Waals surface area contributed by atoms with Crippen molar-refractivity contribution in [3.8, 4) is 0 Å². The van der Waals surface area contributed by atoms with Crippen molar-refractivity contribution in [2.75, 3.05) is 11.9 Å². The quantitative estimate of drug-likeness (QED) is 0.200. The molecule has 1 fully saturated rings. The van der Waals surface area contributed by atoms with Crippen LogP contribution in [0.5, 0.6) is 0 Å². The molecule has 4 aliphatic carbocycles. The number of carbonyl (C=O) groups excluding carboxylic acids is 4. The zero-order valence-electron chi connectivity index (χ0n) is 29.6. The molecule has 4 amide bonds. The van der Waals surface area contributed by atoms with E-state index in [1.807, 2.05) is 13.0 Å². The number of imide groups is 2. The lowest BCUT2D eigenvalue weighted by Gasteiger charge is -2.53. The van der Waals surface area contributed by atoms with Crippen molar-refractivity contribution in [2.45, 2.75) is 76.8 Å². The van der Waals surface area contributed by atoms with Crippen molar-refractivity contribution in [3.63, 3.8) is 0 Å². The fraction of sp³-hybridized carbons (Fsp3) is 0.349. The second kappa shape index (κ2) is 10.7. The van der Waals surface area contributed by atoms with Gasteiger partial charge in [0, 0.05) is 18.9 Å². The minimum atomic E-state index is -4.86. The molecule has 10 rings (SSSR count). The van der Waals surface area contributed by atoms with Crippen LogP contribution >= 0.6 is 0 Å². The molecular formula is C43H37F3N2O4. The van der Waals surface area contributed by atoms with Gasteiger partial charge in [-0.2, -0.15) is 13.2 Å². The Bertz CT molecular complexity index is 2340. The predicted molar refractivity (Wildman–Crippen MR) is 189 cm³/mol. The Morgan fingerprint density at radius 1 is 0.577 bits per heavy atom. The maximum atomic E-state index is 15.2. The number of halogens is 3. The topological polar surface area (TPSA) is 74.8 Å². The number of nitrogens with zero attached hydrogens (tertiary/aromatic N) is 2. The summed E-state index contributed by atoms with van der Waals surface area (Å²) in [5, 5.41) is 0. The molecular weight excluding hydrogens is 665 g/mol. The van der Waals surface area contributed by atoms with Crippen molar-refractivity contribution in [1.82, 2.24) is 4.90 Å². The van der Waals surface area contributed by atoms with Crippen molar-refractivity contribution in [3.05, 3.63) is 133 Å². The van der Waals surface area contributed by atoms with E-state index in [9.17, 15) is 19.2 Å². The lowest BCUT2D eigenvalue weighted by Crippen LogP contribution is -2.42. The summed E-state index contributed by atoms with van der Waals surface area (Å²) in [6.07, 6.45) is -0.181. The lowest BCUT2D eigenvalue weighted by molar-refractivity contribution is -0.173. The molecule has 4 aromatic carbocycles. The summed E-state index contributed by atoms with van der Waals surface area (Å²) in [4.78, 5) is 55.5. The summed E-state index contributed by atoms with van der Waals surface area (Å²) in [5.74, 6) is -1.12. The Morgan fingerprint density at radius 2 is 1.00 bits per heavy atom. The van der Waals surface area contributed by atoms with Gasteiger partial charge in [0.2, 0.25) is 0 Å². The van der Waals surface area contributed by atoms with E-state index in [1.165, 1.54) is 84.5 Å². The van der Waals surface area contributed by atoms with Crippen molar-refractivity contribution >= 4 is 29.3 Å². The molecule has 2 aliphatic heterocycles. The fourth-order valence-corrected chi connectivity index (χ4v) is 10.1. The van der Waals surface area contributed by atoms with Crippen molar-refractivity contribution in [2.24, 2.45) is 11.8 Å². The molecule has 0 spiro atoms. The number of hydrogen-bond acceptors (Lipinski definition) is 4. The largest absolute Gasteiger partial charge is 0.402 e. The third-order valence-electron chi connectivity index (χ3n) is 13.1. The van der Waals surface area contributed by atoms with Crippen LogP contribution in [0, 0.1) is 32.6 Å². The van der Waals surface area contributed by atoms with Gasteiger partial charge in [-0.1, -0.05) is 43.2 Å². The van der Waals surface area contributed by atoms with E-state index in [-0.39, 0.29) is 45.2 Å². The summed E-state index contributed by atoms with van der Waals surface area (Å²) in [5.41, 5.74) is 5.54. The minimum absolute atomic E-state index is 0.0347. The smallest absolute Gasteiger partial charge is 0.277 e. The highest BCUT2D eigenvalue weighted by Gasteiger charge is 2.55. The van der Waals surface area contributed by atoms with Crippen LogP contribution in [0.4, 0.5) is 18.9 Å². The number of amides is 4. The van der Waals surface area contributed by atoms with Gasteiger partial charge < -0.3 is 0 Å². The standard InChI is InChI=1S/C43H37F3N2O4/c1-20-14-29-30(15-21(20)2)37-26-9-7-6-8-25(26)36(29)31-16-22(3)35(19-32(31)37)48-40(51)28-13-11-24(18-34(28)41(48)52)42(4,43(44,45)46)23-10-12-27-33(17-23)39(50)47(5)38(27)49/h10-19,25-26,36-37H,6-9H2,1-5H3. The molecule has 0 N–H and O–H groups in total. The first-order valence-electron chi connectivity index (χ1n) is 18.0. The average Bonchev–Trinajstić information content (AvgIpc) is 3.49. The molecule has 0 radical (unpaired) electrons. The Kier molecular flexibility index (Phi) is 6.78. The average molecular weight is 703 g/mol. The number of carbonyl (C=O) groups is 4. The van der Waals surface area contributed by atoms with Gasteiger partial charge in [0.15, 0.2) is 0 Å². The van der Waals surface area contributed by atoms with Gasteiger partial charge in [0.25, 0.3) is 23.6 Å². The molecule has 0 saturated heterocycles. The SMILES string of the molecule is Cc1cc2c(cc1C)C1c3cc(N4C(=O)c5ccc(C(C)(c6ccc7c(c6)C(=O)N(C)C7=O)C(F)(F)F)cc5C4=O)c(C)cc3C2C2CCCCC12. The molecule has 1 saturated carbocycles. The first-order chi connectivity index (χ1) is 24.6. The first kappa shape index (κ1) is 32.8. The second-order valence-corrected chi connectivity index (χ2v) is 15.7. The molecule has 5 unspecified atom stereocenters. The summed E-state index contributed by atoms with van der Waals surface area (Å²) in [7, 11) is 1.28. The van der Waals surface area contributed by atoms with Crippen LogP contribution < -0.4 is 4.90 Å². The van der Waals surface area contributed by atoms with Crippen LogP contribution in [-0.2, 0) is 5.41 Å². The number of aryl methyl sites for hydroxylation is 3. The highest BCUT2D eigenvalue weighted by molar-refractivity contribution is 6.34. The Hall–Kier alpha value is -5.05. The van der Waals surface area contributed by atoms with E-state index < -0.39 is 35.2 Å². The van der Waals surface area contributed by atoms with Crippen molar-refractivity contribution < 1.29 is 32.3 Å². The van der Waals surface area contributed by atoms with Gasteiger partial charge in [-0.3, -0.25) is 24.1 Å². The van der Waals surface area contributed by atoms with E-state index in [2.05, 4.69) is 32.0 Å². The number of anilines is 1. The van der Waals surface area contributed by atoms with E-state index in [1.54, 1.807) is 0 Å². The van der Waals surface area contributed by atoms with E-state index in [0.717, 1.165) is 40.3 Å². The lowest BCUT2D eigenvalue weighted by atomic mass is 9.50. The summed E-state index contributed by atoms with van der Waals surface area (Å²) in [6.45, 7) is 7.18. The molecule has 52 heavy (non-hydrogen) atoms. The predicted octanol–water partition coefficient (Wildman–Crippen LogP) is 8.90. The van der Waals surface area contributed by atoms with Gasteiger partial charge in [0.1, 0.15) is 5.41 Å². The number of rotatable bonds is 3. The van der Waals surface area contributed by atoms with Crippen LogP contribution in [-0.4, -0.2) is 41.8 Å². The van der Waals surface area contributed by atoms with Crippen LogP contribution in [0.15, 0.2) is 60.7 Å².